The van der Waals surface area contributed by atoms with Gasteiger partial charge in [-0.3, -0.25) is 4.79 Å². The van der Waals surface area contributed by atoms with E-state index in [4.69, 9.17) is 9.84 Å². The molecule has 4 atom stereocenters. The number of ether oxygens (including phenoxy) is 1. The molecule has 28 heavy (non-hydrogen) atoms. The first kappa shape index (κ1) is 22.2. The van der Waals surface area contributed by atoms with Crippen LogP contribution in [0.3, 0.4) is 0 Å². The molecule has 1 aliphatic rings. The van der Waals surface area contributed by atoms with Gasteiger partial charge in [0.15, 0.2) is 0 Å². The van der Waals surface area contributed by atoms with E-state index in [2.05, 4.69) is 0 Å². The maximum atomic E-state index is 10.5. The predicted octanol–water partition coefficient (Wildman–Crippen LogP) is 3.88. The molecule has 1 saturated carbocycles. The molecule has 1 aromatic rings. The summed E-state index contributed by atoms with van der Waals surface area (Å²) in [5, 5.41) is 29.1. The number of aliphatic hydroxyl groups is 2. The Bertz CT molecular complexity index is 667. The molecule has 3 N–H and O–H groups in total. The standard InChI is InChI=1S/C23H32O5/c1-17-7-6-8-20(15-17)28-16-19(24)13-11-18-12-14-22(25)21(18)9-4-2-3-5-10-23(26)27/h2,4,6-8,11,13,15,18-19,21-22,24-25H,3,5,9-10,12,14,16H2,1H3,(H,26,27)/b4-2+,13-11+/t18?,19?,21-,22+/m1/s1. The second-order valence-electron chi connectivity index (χ2n) is 7.55. The largest absolute Gasteiger partial charge is 0.491 e. The van der Waals surface area contributed by atoms with Crippen molar-refractivity contribution < 1.29 is 24.9 Å². The maximum Gasteiger partial charge on any atom is 0.303 e. The summed E-state index contributed by atoms with van der Waals surface area (Å²) in [6.45, 7) is 2.19. The van der Waals surface area contributed by atoms with Crippen molar-refractivity contribution >= 4 is 5.97 Å². The van der Waals surface area contributed by atoms with Gasteiger partial charge in [0, 0.05) is 6.42 Å². The first-order valence-corrected chi connectivity index (χ1v) is 10.1. The van der Waals surface area contributed by atoms with Crippen molar-refractivity contribution in [2.24, 2.45) is 11.8 Å². The molecule has 0 bridgehead atoms. The van der Waals surface area contributed by atoms with Gasteiger partial charge in [-0.15, -0.1) is 0 Å². The van der Waals surface area contributed by atoms with Crippen molar-refractivity contribution in [1.29, 1.82) is 0 Å². The molecule has 0 aromatic heterocycles. The van der Waals surface area contributed by atoms with Crippen LogP contribution < -0.4 is 4.74 Å². The molecule has 0 aliphatic heterocycles. The van der Waals surface area contributed by atoms with Crippen molar-refractivity contribution in [3.63, 3.8) is 0 Å². The minimum absolute atomic E-state index is 0.136. The second-order valence-corrected chi connectivity index (χ2v) is 7.55. The van der Waals surface area contributed by atoms with Crippen LogP contribution in [0, 0.1) is 18.8 Å². The first-order chi connectivity index (χ1) is 13.5. The van der Waals surface area contributed by atoms with Crippen LogP contribution in [-0.2, 0) is 4.79 Å². The highest BCUT2D eigenvalue weighted by Crippen LogP contribution is 2.36. The van der Waals surface area contributed by atoms with E-state index in [1.165, 1.54) is 0 Å². The van der Waals surface area contributed by atoms with E-state index in [9.17, 15) is 15.0 Å². The summed E-state index contributed by atoms with van der Waals surface area (Å²) in [4.78, 5) is 10.5. The zero-order valence-corrected chi connectivity index (χ0v) is 16.5. The molecule has 1 fully saturated rings. The number of aryl methyl sites for hydroxylation is 1. The van der Waals surface area contributed by atoms with Crippen LogP contribution in [0.25, 0.3) is 0 Å². The fraction of sp³-hybridized carbons (Fsp3) is 0.522. The summed E-state index contributed by atoms with van der Waals surface area (Å²) >= 11 is 0. The van der Waals surface area contributed by atoms with Crippen molar-refractivity contribution in [3.05, 3.63) is 54.1 Å². The van der Waals surface area contributed by atoms with E-state index in [1.807, 2.05) is 49.4 Å². The molecule has 5 nitrogen and oxygen atoms in total. The Labute approximate surface area is 167 Å². The SMILES string of the molecule is Cc1cccc(OCC(O)/C=C/C2CC[C@H](O)[C@@H]2C/C=C/CCCC(=O)O)c1. The predicted molar refractivity (Wildman–Crippen MR) is 109 cm³/mol. The van der Waals surface area contributed by atoms with Gasteiger partial charge in [-0.05, 0) is 68.6 Å². The normalized spacial score (nSPS) is 23.5. The number of carbonyl (C=O) groups is 1. The van der Waals surface area contributed by atoms with Gasteiger partial charge in [-0.2, -0.15) is 0 Å². The van der Waals surface area contributed by atoms with Gasteiger partial charge < -0.3 is 20.1 Å². The van der Waals surface area contributed by atoms with Crippen LogP contribution in [0.4, 0.5) is 0 Å². The first-order valence-electron chi connectivity index (χ1n) is 10.1. The number of rotatable bonds is 11. The second kappa shape index (κ2) is 11.7. The lowest BCUT2D eigenvalue weighted by atomic mass is 9.90. The number of carboxylic acid groups (broad SMARTS) is 1. The number of aliphatic hydroxyl groups excluding tert-OH is 2. The lowest BCUT2D eigenvalue weighted by molar-refractivity contribution is -0.137. The van der Waals surface area contributed by atoms with E-state index >= 15 is 0 Å². The average Bonchev–Trinajstić information content (AvgIpc) is 3.01. The number of benzene rings is 1. The Morgan fingerprint density at radius 2 is 2.14 bits per heavy atom. The van der Waals surface area contributed by atoms with Crippen LogP contribution in [0.2, 0.25) is 0 Å². The van der Waals surface area contributed by atoms with E-state index < -0.39 is 12.1 Å². The Kier molecular flexibility index (Phi) is 9.24. The van der Waals surface area contributed by atoms with Crippen molar-refractivity contribution in [2.75, 3.05) is 6.61 Å². The zero-order chi connectivity index (χ0) is 20.4. The average molecular weight is 389 g/mol. The Balaban J connectivity index is 1.76. The number of unbranched alkanes of at least 4 members (excludes halogenated alkanes) is 1. The van der Waals surface area contributed by atoms with E-state index in [0.29, 0.717) is 6.42 Å². The third-order valence-corrected chi connectivity index (χ3v) is 5.17. The summed E-state index contributed by atoms with van der Waals surface area (Å²) in [7, 11) is 0. The van der Waals surface area contributed by atoms with Crippen LogP contribution >= 0.6 is 0 Å². The van der Waals surface area contributed by atoms with Gasteiger partial charge in [0.2, 0.25) is 0 Å². The molecule has 5 heteroatoms. The summed E-state index contributed by atoms with van der Waals surface area (Å²) in [5.74, 6) is 0.341. The minimum Gasteiger partial charge on any atom is -0.491 e. The maximum absolute atomic E-state index is 10.5. The van der Waals surface area contributed by atoms with Gasteiger partial charge >= 0.3 is 5.97 Å². The van der Waals surface area contributed by atoms with E-state index in [0.717, 1.165) is 37.0 Å². The highest BCUT2D eigenvalue weighted by atomic mass is 16.5. The Hall–Kier alpha value is -2.11. The van der Waals surface area contributed by atoms with Gasteiger partial charge in [-0.25, -0.2) is 0 Å². The molecule has 0 radical (unpaired) electrons. The number of aliphatic carboxylic acids is 1. The van der Waals surface area contributed by atoms with Crippen LogP contribution in [-0.4, -0.2) is 40.1 Å². The Morgan fingerprint density at radius 1 is 1.32 bits per heavy atom. The molecule has 1 aliphatic carbocycles. The van der Waals surface area contributed by atoms with Crippen LogP contribution in [0.1, 0.15) is 44.1 Å². The van der Waals surface area contributed by atoms with Crippen molar-refractivity contribution in [2.45, 2.75) is 57.7 Å². The van der Waals surface area contributed by atoms with E-state index in [1.54, 1.807) is 6.08 Å². The molecule has 0 heterocycles. The molecule has 2 rings (SSSR count). The number of allylic oxidation sites excluding steroid dienone is 3. The molecule has 1 aromatic carbocycles. The topological polar surface area (TPSA) is 87.0 Å². The summed E-state index contributed by atoms with van der Waals surface area (Å²) in [6.07, 6.45) is 10.8. The molecule has 0 saturated heterocycles. The number of hydrogen-bond donors (Lipinski definition) is 3. The van der Waals surface area contributed by atoms with Crippen LogP contribution in [0.15, 0.2) is 48.6 Å². The summed E-state index contributed by atoms with van der Waals surface area (Å²) in [5.41, 5.74) is 1.11. The van der Waals surface area contributed by atoms with Crippen LogP contribution in [0.5, 0.6) is 5.75 Å². The fourth-order valence-electron chi connectivity index (χ4n) is 3.60. The number of carboxylic acids is 1. The number of hydrogen-bond acceptors (Lipinski definition) is 4. The Morgan fingerprint density at radius 3 is 2.89 bits per heavy atom. The van der Waals surface area contributed by atoms with E-state index in [-0.39, 0.29) is 31.0 Å². The highest BCUT2D eigenvalue weighted by Gasteiger charge is 2.32. The van der Waals surface area contributed by atoms with Crippen molar-refractivity contribution in [3.8, 4) is 5.75 Å². The fourth-order valence-corrected chi connectivity index (χ4v) is 3.60. The molecule has 154 valence electrons. The third-order valence-electron chi connectivity index (χ3n) is 5.17. The summed E-state index contributed by atoms with van der Waals surface area (Å²) in [6, 6.07) is 7.72. The minimum atomic E-state index is -0.769. The quantitative estimate of drug-likeness (QED) is 0.396. The lowest BCUT2D eigenvalue weighted by Crippen LogP contribution is -2.19. The highest BCUT2D eigenvalue weighted by molar-refractivity contribution is 5.66. The summed E-state index contributed by atoms with van der Waals surface area (Å²) < 4.78 is 5.63. The molecular formula is C23H32O5. The van der Waals surface area contributed by atoms with Gasteiger partial charge in [0.05, 0.1) is 6.10 Å². The molecule has 0 amide bonds. The zero-order valence-electron chi connectivity index (χ0n) is 16.5. The van der Waals surface area contributed by atoms with Gasteiger partial charge in [-0.1, -0.05) is 36.4 Å². The third kappa shape index (κ3) is 7.87. The van der Waals surface area contributed by atoms with Gasteiger partial charge in [0.25, 0.3) is 0 Å². The smallest absolute Gasteiger partial charge is 0.303 e. The molecule has 0 spiro atoms. The van der Waals surface area contributed by atoms with Gasteiger partial charge in [0.1, 0.15) is 18.5 Å². The molecule has 2 unspecified atom stereocenters. The lowest BCUT2D eigenvalue weighted by Gasteiger charge is -2.18. The molecular weight excluding hydrogens is 356 g/mol. The van der Waals surface area contributed by atoms with Crippen molar-refractivity contribution in [1.82, 2.24) is 0 Å². The monoisotopic (exact) mass is 388 g/mol.